The van der Waals surface area contributed by atoms with E-state index in [1.807, 2.05) is 45.9 Å². The fourth-order valence-corrected chi connectivity index (χ4v) is 4.25. The number of rotatable bonds is 11. The molecule has 0 saturated heterocycles. The lowest BCUT2D eigenvalue weighted by atomic mass is 9.92. The molecule has 0 aliphatic heterocycles. The van der Waals surface area contributed by atoms with Crippen LogP contribution in [0.25, 0.3) is 0 Å². The van der Waals surface area contributed by atoms with E-state index in [4.69, 9.17) is 9.47 Å². The molecule has 0 bridgehead atoms. The van der Waals surface area contributed by atoms with Crippen molar-refractivity contribution >= 4 is 23.9 Å². The number of amides is 3. The van der Waals surface area contributed by atoms with Crippen LogP contribution in [0.1, 0.15) is 83.5 Å². The molecule has 3 amide bonds. The molecular formula is C28H43N3O6. The monoisotopic (exact) mass is 517 g/mol. The minimum absolute atomic E-state index is 0.0330. The molecule has 1 aromatic rings. The van der Waals surface area contributed by atoms with Crippen molar-refractivity contribution in [1.82, 2.24) is 15.5 Å². The molecular weight excluding hydrogens is 474 g/mol. The molecule has 0 aromatic heterocycles. The lowest BCUT2D eigenvalue weighted by Gasteiger charge is -2.37. The van der Waals surface area contributed by atoms with Gasteiger partial charge in [0.05, 0.1) is 13.0 Å². The molecule has 206 valence electrons. The summed E-state index contributed by atoms with van der Waals surface area (Å²) < 4.78 is 10.4. The molecule has 1 aliphatic carbocycles. The fourth-order valence-electron chi connectivity index (χ4n) is 4.25. The highest BCUT2D eigenvalue weighted by molar-refractivity contribution is 5.93. The van der Waals surface area contributed by atoms with Crippen molar-refractivity contribution in [2.75, 3.05) is 13.2 Å². The Bertz CT molecular complexity index is 960. The zero-order valence-electron chi connectivity index (χ0n) is 23.5. The number of carbonyl (C=O) groups excluding carboxylic acids is 4. The number of aryl methyl sites for hydroxylation is 2. The van der Waals surface area contributed by atoms with Crippen LogP contribution in [0, 0.1) is 19.8 Å². The number of hydrogen-bond donors (Lipinski definition) is 2. The van der Waals surface area contributed by atoms with Crippen molar-refractivity contribution in [3.8, 4) is 0 Å². The first-order valence-electron chi connectivity index (χ1n) is 13.1. The number of carbonyl (C=O) groups is 4. The molecule has 1 aliphatic rings. The molecule has 9 nitrogen and oxygen atoms in total. The second-order valence-electron chi connectivity index (χ2n) is 10.9. The molecule has 2 atom stereocenters. The maximum atomic E-state index is 14.1. The Balaban J connectivity index is 2.43. The van der Waals surface area contributed by atoms with Gasteiger partial charge in [-0.25, -0.2) is 4.79 Å². The molecule has 0 radical (unpaired) electrons. The van der Waals surface area contributed by atoms with Gasteiger partial charge in [0.1, 0.15) is 17.7 Å². The third-order valence-corrected chi connectivity index (χ3v) is 6.08. The molecule has 0 spiro atoms. The number of nitrogens with zero attached hydrogens (tertiary/aromatic N) is 1. The Morgan fingerprint density at radius 2 is 1.68 bits per heavy atom. The van der Waals surface area contributed by atoms with E-state index in [2.05, 4.69) is 10.6 Å². The maximum Gasteiger partial charge on any atom is 0.408 e. The Hall–Kier alpha value is -3.10. The van der Waals surface area contributed by atoms with Gasteiger partial charge in [-0.3, -0.25) is 14.4 Å². The van der Waals surface area contributed by atoms with Crippen molar-refractivity contribution in [3.63, 3.8) is 0 Å². The predicted octanol–water partition coefficient (Wildman–Crippen LogP) is 3.95. The van der Waals surface area contributed by atoms with Crippen LogP contribution in [0.5, 0.6) is 0 Å². The Labute approximate surface area is 220 Å². The van der Waals surface area contributed by atoms with Crippen LogP contribution in [0.15, 0.2) is 18.2 Å². The third kappa shape index (κ3) is 8.76. The van der Waals surface area contributed by atoms with Gasteiger partial charge >= 0.3 is 12.1 Å². The topological polar surface area (TPSA) is 114 Å². The molecule has 37 heavy (non-hydrogen) atoms. The van der Waals surface area contributed by atoms with E-state index in [1.165, 1.54) is 0 Å². The minimum atomic E-state index is -0.912. The average Bonchev–Trinajstić information content (AvgIpc) is 3.60. The second kappa shape index (κ2) is 12.9. The van der Waals surface area contributed by atoms with Crippen LogP contribution in [0.2, 0.25) is 0 Å². The summed E-state index contributed by atoms with van der Waals surface area (Å²) in [5.41, 5.74) is 1.79. The van der Waals surface area contributed by atoms with Crippen molar-refractivity contribution in [3.05, 3.63) is 34.9 Å². The summed E-state index contributed by atoms with van der Waals surface area (Å²) in [4.78, 5) is 53.8. The molecule has 9 heteroatoms. The van der Waals surface area contributed by atoms with Gasteiger partial charge in [0, 0.05) is 12.6 Å². The quantitative estimate of drug-likeness (QED) is 0.430. The Morgan fingerprint density at radius 1 is 1.08 bits per heavy atom. The molecule has 2 rings (SSSR count). The van der Waals surface area contributed by atoms with Crippen LogP contribution >= 0.6 is 0 Å². The van der Waals surface area contributed by atoms with E-state index >= 15 is 0 Å². The fraction of sp³-hybridized carbons (Fsp3) is 0.643. The van der Waals surface area contributed by atoms with Crippen molar-refractivity contribution in [2.45, 2.75) is 98.4 Å². The van der Waals surface area contributed by atoms with E-state index in [0.29, 0.717) is 0 Å². The first kappa shape index (κ1) is 30.1. The number of benzene rings is 1. The van der Waals surface area contributed by atoms with Crippen LogP contribution in [0.4, 0.5) is 4.79 Å². The highest BCUT2D eigenvalue weighted by Gasteiger charge is 2.45. The van der Waals surface area contributed by atoms with E-state index in [9.17, 15) is 19.2 Å². The highest BCUT2D eigenvalue weighted by atomic mass is 16.6. The highest BCUT2D eigenvalue weighted by Crippen LogP contribution is 2.38. The van der Waals surface area contributed by atoms with Crippen LogP contribution < -0.4 is 10.6 Å². The Morgan fingerprint density at radius 3 is 2.16 bits per heavy atom. The summed E-state index contributed by atoms with van der Waals surface area (Å²) in [7, 11) is 0. The van der Waals surface area contributed by atoms with E-state index in [0.717, 1.165) is 29.5 Å². The number of esters is 1. The van der Waals surface area contributed by atoms with Gasteiger partial charge in [0.2, 0.25) is 11.8 Å². The first-order valence-corrected chi connectivity index (χ1v) is 13.1. The van der Waals surface area contributed by atoms with Crippen molar-refractivity contribution < 1.29 is 28.7 Å². The number of nitrogens with one attached hydrogen (secondary N) is 2. The lowest BCUT2D eigenvalue weighted by molar-refractivity contribution is -0.145. The maximum absolute atomic E-state index is 14.1. The molecule has 1 aromatic carbocycles. The second-order valence-corrected chi connectivity index (χ2v) is 10.9. The molecule has 2 unspecified atom stereocenters. The van der Waals surface area contributed by atoms with E-state index in [1.54, 1.807) is 32.6 Å². The summed E-state index contributed by atoms with van der Waals surface area (Å²) in [6.45, 7) is 14.9. The largest absolute Gasteiger partial charge is 0.466 e. The van der Waals surface area contributed by atoms with Gasteiger partial charge in [-0.2, -0.15) is 0 Å². The normalized spacial score (nSPS) is 14.9. The molecule has 0 heterocycles. The zero-order chi connectivity index (χ0) is 27.9. The van der Waals surface area contributed by atoms with Gasteiger partial charge in [-0.05, 0) is 77.0 Å². The number of alkyl carbamates (subject to hydrolysis) is 1. The summed E-state index contributed by atoms with van der Waals surface area (Å²) in [6, 6.07) is 3.81. The van der Waals surface area contributed by atoms with Crippen molar-refractivity contribution in [1.29, 1.82) is 0 Å². The predicted molar refractivity (Wildman–Crippen MR) is 141 cm³/mol. The van der Waals surface area contributed by atoms with Gasteiger partial charge in [0.25, 0.3) is 0 Å². The zero-order valence-corrected chi connectivity index (χ0v) is 23.5. The number of hydrogen-bond acceptors (Lipinski definition) is 6. The summed E-state index contributed by atoms with van der Waals surface area (Å²) >= 11 is 0. The first-order chi connectivity index (χ1) is 17.3. The van der Waals surface area contributed by atoms with E-state index in [-0.39, 0.29) is 43.3 Å². The van der Waals surface area contributed by atoms with Crippen LogP contribution in [-0.4, -0.2) is 59.6 Å². The smallest absolute Gasteiger partial charge is 0.408 e. The minimum Gasteiger partial charge on any atom is -0.466 e. The standard InChI is InChI=1S/C28H43N3O6/c1-9-36-21(32)15-16-29-25(33)24(22-18(4)11-10-12-19(22)5)31(20-13-14-20)26(34)23(17(2)3)30-27(35)37-28(6,7)8/h10-12,17,20,23-24H,9,13-16H2,1-8H3,(H,29,33)(H,30,35). The van der Waals surface area contributed by atoms with Gasteiger partial charge in [-0.1, -0.05) is 32.0 Å². The van der Waals surface area contributed by atoms with E-state index < -0.39 is 29.7 Å². The van der Waals surface area contributed by atoms with Gasteiger partial charge in [-0.15, -0.1) is 0 Å². The lowest BCUT2D eigenvalue weighted by Crippen LogP contribution is -2.55. The summed E-state index contributed by atoms with van der Waals surface area (Å²) in [6.07, 6.45) is 0.879. The molecule has 1 saturated carbocycles. The summed E-state index contributed by atoms with van der Waals surface area (Å²) in [5, 5.41) is 5.57. The summed E-state index contributed by atoms with van der Waals surface area (Å²) in [5.74, 6) is -1.35. The van der Waals surface area contributed by atoms with Gasteiger partial charge in [0.15, 0.2) is 0 Å². The van der Waals surface area contributed by atoms with Crippen molar-refractivity contribution in [2.24, 2.45) is 5.92 Å². The molecule has 1 fully saturated rings. The van der Waals surface area contributed by atoms with Gasteiger partial charge < -0.3 is 25.0 Å². The average molecular weight is 518 g/mol. The molecule has 2 N–H and O–H groups in total. The third-order valence-electron chi connectivity index (χ3n) is 6.08. The number of ether oxygens (including phenoxy) is 2. The Kier molecular flexibility index (Phi) is 10.5. The van der Waals surface area contributed by atoms with Crippen LogP contribution in [-0.2, 0) is 23.9 Å². The SMILES string of the molecule is CCOC(=O)CCNC(=O)C(c1c(C)cccc1C)N(C(=O)C(NC(=O)OC(C)(C)C)C(C)C)C1CC1. The van der Waals surface area contributed by atoms with Crippen LogP contribution in [0.3, 0.4) is 0 Å².